The Bertz CT molecular complexity index is 202. The van der Waals surface area contributed by atoms with Gasteiger partial charge in [0.05, 0.1) is 0 Å². The van der Waals surface area contributed by atoms with E-state index in [1.165, 1.54) is 0 Å². The first-order valence-electron chi connectivity index (χ1n) is 2.88. The summed E-state index contributed by atoms with van der Waals surface area (Å²) in [6, 6.07) is -1.28. The molecule has 1 fully saturated rings. The maximum atomic E-state index is 11.9. The lowest BCUT2D eigenvalue weighted by molar-refractivity contribution is -0.203. The summed E-state index contributed by atoms with van der Waals surface area (Å²) in [5, 5.41) is 8.21. The average molecular weight is 169 g/mol. The summed E-state index contributed by atoms with van der Waals surface area (Å²) in [5.74, 6) is -1.88. The van der Waals surface area contributed by atoms with Crippen LogP contribution in [-0.2, 0) is 4.79 Å². The van der Waals surface area contributed by atoms with E-state index >= 15 is 0 Å². The molecule has 0 radical (unpaired) electrons. The van der Waals surface area contributed by atoms with Crippen molar-refractivity contribution in [2.45, 2.75) is 18.6 Å². The molecule has 0 bridgehead atoms. The number of halogens is 3. The number of nitrogens with two attached hydrogens (primary N) is 1. The molecule has 0 aliphatic heterocycles. The molecule has 2 unspecified atom stereocenters. The Morgan fingerprint density at radius 1 is 1.64 bits per heavy atom. The molecular weight excluding hydrogens is 163 g/mol. The molecule has 0 saturated heterocycles. The van der Waals surface area contributed by atoms with Crippen molar-refractivity contribution in [2.24, 2.45) is 11.1 Å². The molecule has 0 heterocycles. The molecule has 1 rings (SSSR count). The van der Waals surface area contributed by atoms with Gasteiger partial charge >= 0.3 is 12.1 Å². The van der Waals surface area contributed by atoms with Crippen molar-refractivity contribution >= 4 is 5.97 Å². The summed E-state index contributed by atoms with van der Waals surface area (Å²) < 4.78 is 35.8. The second kappa shape index (κ2) is 1.88. The van der Waals surface area contributed by atoms with Crippen LogP contribution in [0.1, 0.15) is 6.42 Å². The maximum Gasteiger partial charge on any atom is 0.406 e. The largest absolute Gasteiger partial charge is 0.481 e. The number of alkyl halides is 3. The van der Waals surface area contributed by atoms with Gasteiger partial charge in [0, 0.05) is 6.04 Å². The highest BCUT2D eigenvalue weighted by Gasteiger charge is 2.75. The summed E-state index contributed by atoms with van der Waals surface area (Å²) in [4.78, 5) is 10.1. The van der Waals surface area contributed by atoms with E-state index in [9.17, 15) is 18.0 Å². The highest BCUT2D eigenvalue weighted by Crippen LogP contribution is 2.56. The van der Waals surface area contributed by atoms with Crippen LogP contribution < -0.4 is 5.73 Å². The van der Waals surface area contributed by atoms with Gasteiger partial charge in [-0.2, -0.15) is 13.2 Å². The lowest BCUT2D eigenvalue weighted by Gasteiger charge is -2.14. The van der Waals surface area contributed by atoms with Gasteiger partial charge in [0.2, 0.25) is 0 Å². The summed E-state index contributed by atoms with van der Waals surface area (Å²) in [6.45, 7) is 0. The van der Waals surface area contributed by atoms with Crippen molar-refractivity contribution in [1.29, 1.82) is 0 Å². The molecule has 0 amide bonds. The molecule has 0 aromatic rings. The highest BCUT2D eigenvalue weighted by atomic mass is 19.4. The summed E-state index contributed by atoms with van der Waals surface area (Å²) in [5.41, 5.74) is 2.23. The van der Waals surface area contributed by atoms with Crippen LogP contribution in [0.25, 0.3) is 0 Å². The van der Waals surface area contributed by atoms with Crippen LogP contribution in [0.15, 0.2) is 0 Å². The van der Waals surface area contributed by atoms with E-state index in [1.54, 1.807) is 0 Å². The van der Waals surface area contributed by atoms with Crippen LogP contribution in [0.2, 0.25) is 0 Å². The Kier molecular flexibility index (Phi) is 1.42. The fourth-order valence-corrected chi connectivity index (χ4v) is 0.981. The fraction of sp³-hybridized carbons (Fsp3) is 0.800. The zero-order valence-electron chi connectivity index (χ0n) is 5.35. The first-order valence-corrected chi connectivity index (χ1v) is 2.88. The second-order valence-corrected chi connectivity index (χ2v) is 2.58. The summed E-state index contributed by atoms with van der Waals surface area (Å²) in [6.07, 6.45) is -5.23. The van der Waals surface area contributed by atoms with Crippen molar-refractivity contribution < 1.29 is 23.1 Å². The van der Waals surface area contributed by atoms with Crippen molar-refractivity contribution in [3.63, 3.8) is 0 Å². The van der Waals surface area contributed by atoms with E-state index in [0.717, 1.165) is 0 Å². The minimum Gasteiger partial charge on any atom is -0.481 e. The van der Waals surface area contributed by atoms with Crippen LogP contribution in [0.4, 0.5) is 13.2 Å². The minimum absolute atomic E-state index is 0.508. The SMILES string of the molecule is NC1CC1(C(=O)O)C(F)(F)F. The van der Waals surface area contributed by atoms with E-state index in [1.807, 2.05) is 0 Å². The Labute approximate surface area is 60.0 Å². The third kappa shape index (κ3) is 0.891. The van der Waals surface area contributed by atoms with Crippen molar-refractivity contribution in [3.8, 4) is 0 Å². The van der Waals surface area contributed by atoms with E-state index in [-0.39, 0.29) is 0 Å². The highest BCUT2D eigenvalue weighted by molar-refractivity contribution is 5.80. The van der Waals surface area contributed by atoms with Crippen molar-refractivity contribution in [3.05, 3.63) is 0 Å². The van der Waals surface area contributed by atoms with Gasteiger partial charge in [-0.15, -0.1) is 0 Å². The van der Waals surface area contributed by atoms with E-state index < -0.39 is 30.0 Å². The number of hydrogen-bond donors (Lipinski definition) is 2. The molecule has 64 valence electrons. The van der Waals surface area contributed by atoms with Gasteiger partial charge in [-0.1, -0.05) is 0 Å². The molecular formula is C5H6F3NO2. The van der Waals surface area contributed by atoms with Gasteiger partial charge in [0.15, 0.2) is 5.41 Å². The minimum atomic E-state index is -4.72. The molecule has 0 aromatic heterocycles. The molecule has 11 heavy (non-hydrogen) atoms. The van der Waals surface area contributed by atoms with Gasteiger partial charge in [-0.05, 0) is 6.42 Å². The van der Waals surface area contributed by atoms with E-state index in [0.29, 0.717) is 0 Å². The molecule has 1 saturated carbocycles. The lowest BCUT2D eigenvalue weighted by atomic mass is 10.1. The van der Waals surface area contributed by atoms with Crippen LogP contribution in [0, 0.1) is 5.41 Å². The zero-order valence-corrected chi connectivity index (χ0v) is 5.35. The van der Waals surface area contributed by atoms with Crippen molar-refractivity contribution in [2.75, 3.05) is 0 Å². The maximum absolute atomic E-state index is 11.9. The first kappa shape index (κ1) is 8.32. The number of carboxylic acids is 1. The third-order valence-corrected chi connectivity index (χ3v) is 1.90. The van der Waals surface area contributed by atoms with Gasteiger partial charge in [0.1, 0.15) is 0 Å². The predicted molar refractivity (Wildman–Crippen MR) is 28.7 cm³/mol. The van der Waals surface area contributed by atoms with Crippen molar-refractivity contribution in [1.82, 2.24) is 0 Å². The quantitative estimate of drug-likeness (QED) is 0.595. The molecule has 6 heteroatoms. The number of aliphatic carboxylic acids is 1. The molecule has 0 spiro atoms. The predicted octanol–water partition coefficient (Wildman–Crippen LogP) is 0.351. The van der Waals surface area contributed by atoms with Crippen LogP contribution in [-0.4, -0.2) is 23.3 Å². The normalized spacial score (nSPS) is 36.9. The van der Waals surface area contributed by atoms with E-state index in [4.69, 9.17) is 10.8 Å². The Balaban J connectivity index is 2.89. The molecule has 0 aromatic carbocycles. The number of carboxylic acid groups (broad SMARTS) is 1. The summed E-state index contributed by atoms with van der Waals surface area (Å²) in [7, 11) is 0. The standard InChI is InChI=1S/C5H6F3NO2/c6-5(7,8)4(3(10)11)1-2(4)9/h2H,1,9H2,(H,10,11). The third-order valence-electron chi connectivity index (χ3n) is 1.90. The van der Waals surface area contributed by atoms with Crippen LogP contribution in [0.3, 0.4) is 0 Å². The molecule has 1 aliphatic rings. The smallest absolute Gasteiger partial charge is 0.406 e. The molecule has 2 atom stereocenters. The number of carbonyl (C=O) groups is 1. The lowest BCUT2D eigenvalue weighted by Crippen LogP contribution is -2.37. The molecule has 3 N–H and O–H groups in total. The van der Waals surface area contributed by atoms with E-state index in [2.05, 4.69) is 0 Å². The first-order chi connectivity index (χ1) is 4.82. The molecule has 1 aliphatic carbocycles. The zero-order chi connectivity index (χ0) is 8.86. The Morgan fingerprint density at radius 2 is 2.00 bits per heavy atom. The average Bonchev–Trinajstić information content (AvgIpc) is 2.39. The summed E-state index contributed by atoms with van der Waals surface area (Å²) >= 11 is 0. The van der Waals surface area contributed by atoms with Crippen LogP contribution in [0.5, 0.6) is 0 Å². The Hall–Kier alpha value is -0.780. The van der Waals surface area contributed by atoms with Gasteiger partial charge in [-0.25, -0.2) is 0 Å². The molecule has 3 nitrogen and oxygen atoms in total. The van der Waals surface area contributed by atoms with Gasteiger partial charge < -0.3 is 10.8 Å². The number of rotatable bonds is 1. The van der Waals surface area contributed by atoms with Gasteiger partial charge in [0.25, 0.3) is 0 Å². The Morgan fingerprint density at radius 3 is 2.00 bits per heavy atom. The van der Waals surface area contributed by atoms with Crippen LogP contribution >= 0.6 is 0 Å². The van der Waals surface area contributed by atoms with Gasteiger partial charge in [-0.3, -0.25) is 4.79 Å². The fourth-order valence-electron chi connectivity index (χ4n) is 0.981. The number of hydrogen-bond acceptors (Lipinski definition) is 2. The monoisotopic (exact) mass is 169 g/mol. The topological polar surface area (TPSA) is 63.3 Å². The second-order valence-electron chi connectivity index (χ2n) is 2.58.